The molecule has 0 spiro atoms. The van der Waals surface area contributed by atoms with Gasteiger partial charge in [-0.15, -0.1) is 0 Å². The van der Waals surface area contributed by atoms with Crippen LogP contribution in [0.1, 0.15) is 17.2 Å². The molecule has 0 bridgehead atoms. The molecule has 0 fully saturated rings. The summed E-state index contributed by atoms with van der Waals surface area (Å²) in [5.41, 5.74) is 4.71. The standard InChI is InChI=1S/C13H12N8/c1-6-10-12(15-5-14-10)20-13(18-6)21-11-7(2)17-8(3)19-9(11)4-16-21/h4-5H,1-3H3,(H,14,15,18,20). The summed E-state index contributed by atoms with van der Waals surface area (Å²) in [6.45, 7) is 5.69. The summed E-state index contributed by atoms with van der Waals surface area (Å²) in [5.74, 6) is 1.19. The Morgan fingerprint density at radius 1 is 1.00 bits per heavy atom. The molecule has 0 aliphatic carbocycles. The maximum Gasteiger partial charge on any atom is 0.253 e. The Bertz CT molecular complexity index is 981. The van der Waals surface area contributed by atoms with Crippen molar-refractivity contribution in [3.63, 3.8) is 0 Å². The Morgan fingerprint density at radius 3 is 2.71 bits per heavy atom. The van der Waals surface area contributed by atoms with Crippen LogP contribution in [0.25, 0.3) is 28.1 Å². The number of aromatic nitrogens is 8. The quantitative estimate of drug-likeness (QED) is 0.566. The Hall–Kier alpha value is -2.90. The lowest BCUT2D eigenvalue weighted by atomic mass is 10.3. The van der Waals surface area contributed by atoms with Crippen LogP contribution < -0.4 is 0 Å². The number of nitrogens with one attached hydrogen (secondary N) is 1. The van der Waals surface area contributed by atoms with Crippen molar-refractivity contribution < 1.29 is 0 Å². The summed E-state index contributed by atoms with van der Waals surface area (Å²) < 4.78 is 1.66. The molecule has 1 N–H and O–H groups in total. The van der Waals surface area contributed by atoms with E-state index >= 15 is 0 Å². The summed E-state index contributed by atoms with van der Waals surface area (Å²) in [4.78, 5) is 24.9. The molecule has 21 heavy (non-hydrogen) atoms. The molecular weight excluding hydrogens is 268 g/mol. The van der Waals surface area contributed by atoms with Crippen molar-refractivity contribution in [3.8, 4) is 5.95 Å². The molecule has 8 nitrogen and oxygen atoms in total. The lowest BCUT2D eigenvalue weighted by molar-refractivity contribution is 0.827. The normalized spacial score (nSPS) is 11.6. The van der Waals surface area contributed by atoms with Crippen LogP contribution in [0.4, 0.5) is 0 Å². The molecule has 0 atom stereocenters. The van der Waals surface area contributed by atoms with Crippen molar-refractivity contribution in [1.82, 2.24) is 39.7 Å². The van der Waals surface area contributed by atoms with Gasteiger partial charge in [0.15, 0.2) is 5.65 Å². The molecule has 0 amide bonds. The number of fused-ring (bicyclic) bond motifs is 2. The van der Waals surface area contributed by atoms with Gasteiger partial charge in [0.25, 0.3) is 5.95 Å². The van der Waals surface area contributed by atoms with E-state index in [4.69, 9.17) is 0 Å². The van der Waals surface area contributed by atoms with Crippen molar-refractivity contribution in [2.45, 2.75) is 20.8 Å². The Morgan fingerprint density at radius 2 is 1.86 bits per heavy atom. The topological polar surface area (TPSA) is 98.1 Å². The third kappa shape index (κ3) is 1.69. The molecule has 4 rings (SSSR count). The van der Waals surface area contributed by atoms with E-state index in [0.717, 1.165) is 33.8 Å². The second kappa shape index (κ2) is 4.05. The highest BCUT2D eigenvalue weighted by Crippen LogP contribution is 2.19. The minimum atomic E-state index is 0.470. The molecule has 4 heterocycles. The van der Waals surface area contributed by atoms with E-state index in [1.54, 1.807) is 17.2 Å². The highest BCUT2D eigenvalue weighted by Gasteiger charge is 2.14. The van der Waals surface area contributed by atoms with Gasteiger partial charge in [-0.25, -0.2) is 19.9 Å². The van der Waals surface area contributed by atoms with Crippen molar-refractivity contribution in [3.05, 3.63) is 29.7 Å². The molecule has 0 saturated carbocycles. The van der Waals surface area contributed by atoms with Crippen molar-refractivity contribution in [2.24, 2.45) is 0 Å². The van der Waals surface area contributed by atoms with Crippen LogP contribution in [0.15, 0.2) is 12.5 Å². The number of hydrogen-bond donors (Lipinski definition) is 1. The minimum Gasteiger partial charge on any atom is -0.342 e. The first kappa shape index (κ1) is 11.9. The molecule has 4 aromatic heterocycles. The predicted molar refractivity (Wildman–Crippen MR) is 76.1 cm³/mol. The zero-order chi connectivity index (χ0) is 14.6. The number of aryl methyl sites for hydroxylation is 3. The molecule has 0 aliphatic heterocycles. The maximum atomic E-state index is 4.49. The van der Waals surface area contributed by atoms with Gasteiger partial charge in [0, 0.05) is 0 Å². The fourth-order valence-corrected chi connectivity index (χ4v) is 2.47. The van der Waals surface area contributed by atoms with Gasteiger partial charge >= 0.3 is 0 Å². The third-order valence-electron chi connectivity index (χ3n) is 3.35. The van der Waals surface area contributed by atoms with Gasteiger partial charge in [-0.05, 0) is 20.8 Å². The van der Waals surface area contributed by atoms with Crippen LogP contribution in [0.2, 0.25) is 0 Å². The first-order valence-corrected chi connectivity index (χ1v) is 6.50. The number of nitrogens with zero attached hydrogens (tertiary/aromatic N) is 7. The van der Waals surface area contributed by atoms with Crippen LogP contribution in [0, 0.1) is 20.8 Å². The largest absolute Gasteiger partial charge is 0.342 e. The van der Waals surface area contributed by atoms with Crippen LogP contribution in [0.3, 0.4) is 0 Å². The van der Waals surface area contributed by atoms with Crippen LogP contribution in [0.5, 0.6) is 0 Å². The summed E-state index contributed by atoms with van der Waals surface area (Å²) in [5, 5.41) is 4.35. The number of imidazole rings is 1. The molecule has 8 heteroatoms. The smallest absolute Gasteiger partial charge is 0.253 e. The van der Waals surface area contributed by atoms with Crippen molar-refractivity contribution in [2.75, 3.05) is 0 Å². The SMILES string of the molecule is Cc1nc(C)c2c(cnn2-c2nc(C)c3[nH]cnc3n2)n1. The highest BCUT2D eigenvalue weighted by molar-refractivity contribution is 5.78. The first-order chi connectivity index (χ1) is 10.1. The Kier molecular flexibility index (Phi) is 2.29. The van der Waals surface area contributed by atoms with Gasteiger partial charge in [-0.2, -0.15) is 14.8 Å². The van der Waals surface area contributed by atoms with Crippen LogP contribution >= 0.6 is 0 Å². The van der Waals surface area contributed by atoms with Gasteiger partial charge < -0.3 is 4.98 Å². The van der Waals surface area contributed by atoms with Gasteiger partial charge in [0.1, 0.15) is 22.4 Å². The fraction of sp³-hybridized carbons (Fsp3) is 0.231. The van der Waals surface area contributed by atoms with E-state index < -0.39 is 0 Å². The van der Waals surface area contributed by atoms with Gasteiger partial charge in [0.05, 0.1) is 23.9 Å². The molecule has 0 unspecified atom stereocenters. The average molecular weight is 280 g/mol. The van der Waals surface area contributed by atoms with E-state index in [9.17, 15) is 0 Å². The van der Waals surface area contributed by atoms with Gasteiger partial charge in [-0.1, -0.05) is 0 Å². The number of aromatic amines is 1. The second-order valence-corrected chi connectivity index (χ2v) is 4.86. The molecule has 104 valence electrons. The Balaban J connectivity index is 2.04. The first-order valence-electron chi connectivity index (χ1n) is 6.50. The summed E-state index contributed by atoms with van der Waals surface area (Å²) in [6.07, 6.45) is 3.31. The maximum absolute atomic E-state index is 4.49. The lowest BCUT2D eigenvalue weighted by Gasteiger charge is -2.05. The fourth-order valence-electron chi connectivity index (χ4n) is 2.47. The zero-order valence-corrected chi connectivity index (χ0v) is 11.8. The van der Waals surface area contributed by atoms with Crippen molar-refractivity contribution in [1.29, 1.82) is 0 Å². The van der Waals surface area contributed by atoms with Crippen LogP contribution in [-0.4, -0.2) is 39.7 Å². The minimum absolute atomic E-state index is 0.470. The zero-order valence-electron chi connectivity index (χ0n) is 11.8. The third-order valence-corrected chi connectivity index (χ3v) is 3.35. The summed E-state index contributed by atoms with van der Waals surface area (Å²) >= 11 is 0. The number of hydrogen-bond acceptors (Lipinski definition) is 6. The van der Waals surface area contributed by atoms with Crippen molar-refractivity contribution >= 4 is 22.2 Å². The molecule has 4 aromatic rings. The van der Waals surface area contributed by atoms with E-state index in [2.05, 4.69) is 35.0 Å². The van der Waals surface area contributed by atoms with E-state index in [-0.39, 0.29) is 0 Å². The summed E-state index contributed by atoms with van der Waals surface area (Å²) in [6, 6.07) is 0. The van der Waals surface area contributed by atoms with Gasteiger partial charge in [0.2, 0.25) is 0 Å². The lowest BCUT2D eigenvalue weighted by Crippen LogP contribution is -2.06. The number of H-pyrrole nitrogens is 1. The van der Waals surface area contributed by atoms with E-state index in [0.29, 0.717) is 11.6 Å². The predicted octanol–water partition coefficient (Wildman–Crippen LogP) is 1.41. The molecular formula is C13H12N8. The summed E-state index contributed by atoms with van der Waals surface area (Å²) in [7, 11) is 0. The van der Waals surface area contributed by atoms with E-state index in [1.165, 1.54) is 0 Å². The molecule has 0 aliphatic rings. The molecule has 0 aromatic carbocycles. The second-order valence-electron chi connectivity index (χ2n) is 4.86. The average Bonchev–Trinajstić information content (AvgIpc) is 3.04. The van der Waals surface area contributed by atoms with Crippen LogP contribution in [-0.2, 0) is 0 Å². The van der Waals surface area contributed by atoms with E-state index in [1.807, 2.05) is 20.8 Å². The molecule has 0 saturated heterocycles. The Labute approximate surface area is 119 Å². The molecule has 0 radical (unpaired) electrons. The number of rotatable bonds is 1. The highest BCUT2D eigenvalue weighted by atomic mass is 15.4. The van der Waals surface area contributed by atoms with Gasteiger partial charge in [-0.3, -0.25) is 0 Å². The monoisotopic (exact) mass is 280 g/mol.